The summed E-state index contributed by atoms with van der Waals surface area (Å²) in [5.41, 5.74) is 16.2. The van der Waals surface area contributed by atoms with E-state index in [9.17, 15) is 0 Å². The van der Waals surface area contributed by atoms with E-state index >= 15 is 0 Å². The van der Waals surface area contributed by atoms with Crippen molar-refractivity contribution < 1.29 is 4.42 Å². The second kappa shape index (κ2) is 10.9. The van der Waals surface area contributed by atoms with E-state index in [2.05, 4.69) is 158 Å². The van der Waals surface area contributed by atoms with E-state index in [0.717, 1.165) is 48.4 Å². The summed E-state index contributed by atoms with van der Waals surface area (Å²) in [6.45, 7) is 4.79. The first kappa shape index (κ1) is 27.9. The Hall–Kier alpha value is -5.34. The Bertz CT molecular complexity index is 2240. The van der Waals surface area contributed by atoms with Crippen molar-refractivity contribution >= 4 is 39.2 Å². The number of nitrogens with zero attached hydrogens (tertiary/aromatic N) is 1. The van der Waals surface area contributed by atoms with Gasteiger partial charge in [-0.1, -0.05) is 111 Å². The number of hydrogen-bond donors (Lipinski definition) is 0. The monoisotopic (exact) mass is 607 g/mol. The van der Waals surface area contributed by atoms with Gasteiger partial charge in [0, 0.05) is 39.0 Å². The minimum Gasteiger partial charge on any atom is -0.456 e. The molecule has 2 nitrogen and oxygen atoms in total. The van der Waals surface area contributed by atoms with Crippen molar-refractivity contribution in [3.05, 3.63) is 173 Å². The number of para-hydroxylation sites is 1. The Labute approximate surface area is 277 Å². The molecular weight excluding hydrogens is 571 g/mol. The molecular formula is C45H37NO. The van der Waals surface area contributed by atoms with Crippen molar-refractivity contribution in [2.24, 2.45) is 0 Å². The van der Waals surface area contributed by atoms with Gasteiger partial charge in [-0.3, -0.25) is 0 Å². The summed E-state index contributed by atoms with van der Waals surface area (Å²) < 4.78 is 6.60. The molecule has 0 spiro atoms. The van der Waals surface area contributed by atoms with Gasteiger partial charge in [-0.25, -0.2) is 0 Å². The first-order valence-corrected chi connectivity index (χ1v) is 16.9. The highest BCUT2D eigenvalue weighted by Gasteiger charge is 2.42. The van der Waals surface area contributed by atoms with Gasteiger partial charge in [-0.15, -0.1) is 0 Å². The third kappa shape index (κ3) is 4.54. The number of benzene rings is 5. The maximum absolute atomic E-state index is 6.60. The van der Waals surface area contributed by atoms with Gasteiger partial charge in [0.15, 0.2) is 0 Å². The standard InChI is InChI=1S/C45H37NO/c1-45(2)40-28-27-38-37-15-9-10-16-42(37)47-44(38)43(40)39-26-25-36(29-41(39)45)46(34-21-17-32(18-22-34)30-11-5-3-6-12-30)35-23-19-33(20-24-35)31-13-7-4-8-14-31/h3,5-7,9-26,29H,4,8,27-28H2,1-2H3. The van der Waals surface area contributed by atoms with Crippen LogP contribution in [-0.2, 0) is 11.8 Å². The molecule has 0 aliphatic heterocycles. The summed E-state index contributed by atoms with van der Waals surface area (Å²) in [4.78, 5) is 2.41. The molecule has 6 aromatic rings. The lowest BCUT2D eigenvalue weighted by Crippen LogP contribution is -2.19. The molecule has 0 atom stereocenters. The van der Waals surface area contributed by atoms with Crippen LogP contribution in [0.25, 0.3) is 33.2 Å². The Morgan fingerprint density at radius 2 is 1.32 bits per heavy atom. The molecule has 0 amide bonds. The van der Waals surface area contributed by atoms with Crippen LogP contribution in [0, 0.1) is 0 Å². The Morgan fingerprint density at radius 1 is 0.638 bits per heavy atom. The highest BCUT2D eigenvalue weighted by Crippen LogP contribution is 2.55. The largest absolute Gasteiger partial charge is 0.456 e. The van der Waals surface area contributed by atoms with Crippen molar-refractivity contribution in [1.82, 2.24) is 0 Å². The molecule has 3 aliphatic rings. The fourth-order valence-corrected chi connectivity index (χ4v) is 8.05. The first-order valence-electron chi connectivity index (χ1n) is 16.9. The van der Waals surface area contributed by atoms with Crippen LogP contribution >= 0.6 is 0 Å². The molecule has 47 heavy (non-hydrogen) atoms. The third-order valence-corrected chi connectivity index (χ3v) is 10.5. The van der Waals surface area contributed by atoms with Gasteiger partial charge in [0.1, 0.15) is 11.3 Å². The van der Waals surface area contributed by atoms with Gasteiger partial charge in [0.25, 0.3) is 0 Å². The summed E-state index contributed by atoms with van der Waals surface area (Å²) in [6, 6.07) is 44.3. The third-order valence-electron chi connectivity index (χ3n) is 10.5. The second-order valence-electron chi connectivity index (χ2n) is 13.5. The first-order chi connectivity index (χ1) is 23.1. The molecule has 1 heterocycles. The summed E-state index contributed by atoms with van der Waals surface area (Å²) in [7, 11) is 0. The lowest BCUT2D eigenvalue weighted by Gasteiger charge is -2.29. The second-order valence-corrected chi connectivity index (χ2v) is 13.5. The van der Waals surface area contributed by atoms with Crippen LogP contribution in [0.5, 0.6) is 0 Å². The highest BCUT2D eigenvalue weighted by atomic mass is 16.3. The maximum Gasteiger partial charge on any atom is 0.139 e. The van der Waals surface area contributed by atoms with E-state index in [1.807, 2.05) is 0 Å². The fraction of sp³-hybridized carbons (Fsp3) is 0.156. The number of aryl methyl sites for hydroxylation is 1. The lowest BCUT2D eigenvalue weighted by molar-refractivity contribution is 0.571. The summed E-state index contributed by atoms with van der Waals surface area (Å²) in [5, 5.41) is 1.25. The molecule has 3 aliphatic carbocycles. The van der Waals surface area contributed by atoms with Crippen molar-refractivity contribution in [1.29, 1.82) is 0 Å². The zero-order valence-electron chi connectivity index (χ0n) is 27.0. The van der Waals surface area contributed by atoms with Gasteiger partial charge in [-0.05, 0) is 107 Å². The average molecular weight is 608 g/mol. The van der Waals surface area contributed by atoms with Crippen LogP contribution in [-0.4, -0.2) is 0 Å². The quantitative estimate of drug-likeness (QED) is 0.194. The Balaban J connectivity index is 1.16. The van der Waals surface area contributed by atoms with Crippen LogP contribution in [0.2, 0.25) is 0 Å². The molecule has 0 N–H and O–H groups in total. The summed E-state index contributed by atoms with van der Waals surface area (Å²) in [5.74, 6) is 1.07. The van der Waals surface area contributed by atoms with Crippen molar-refractivity contribution in [2.75, 3.05) is 4.90 Å². The molecule has 9 rings (SSSR count). The number of allylic oxidation sites excluding steroid dienone is 5. The topological polar surface area (TPSA) is 16.4 Å². The average Bonchev–Trinajstić information content (AvgIpc) is 3.62. The van der Waals surface area contributed by atoms with Crippen LogP contribution in [0.15, 0.2) is 150 Å². The molecule has 0 bridgehead atoms. The molecule has 0 radical (unpaired) electrons. The van der Waals surface area contributed by atoms with Gasteiger partial charge in [0.2, 0.25) is 0 Å². The van der Waals surface area contributed by atoms with Gasteiger partial charge in [-0.2, -0.15) is 0 Å². The number of rotatable bonds is 5. The molecule has 0 unspecified atom stereocenters. The minimum absolute atomic E-state index is 0.0934. The van der Waals surface area contributed by atoms with E-state index in [1.54, 1.807) is 0 Å². The number of hydrogen-bond acceptors (Lipinski definition) is 2. The molecule has 0 saturated carbocycles. The highest BCUT2D eigenvalue weighted by molar-refractivity contribution is 5.97. The van der Waals surface area contributed by atoms with Crippen LogP contribution in [0.3, 0.4) is 0 Å². The molecule has 5 aromatic carbocycles. The maximum atomic E-state index is 6.60. The van der Waals surface area contributed by atoms with E-state index in [0.29, 0.717) is 0 Å². The fourth-order valence-electron chi connectivity index (χ4n) is 8.05. The summed E-state index contributed by atoms with van der Waals surface area (Å²) in [6.07, 6.45) is 11.2. The zero-order chi connectivity index (χ0) is 31.5. The van der Waals surface area contributed by atoms with Crippen LogP contribution in [0.1, 0.15) is 61.1 Å². The predicted molar refractivity (Wildman–Crippen MR) is 196 cm³/mol. The number of fused-ring (bicyclic) bond motifs is 6. The van der Waals surface area contributed by atoms with Crippen LogP contribution in [0.4, 0.5) is 17.1 Å². The van der Waals surface area contributed by atoms with E-state index in [-0.39, 0.29) is 5.41 Å². The van der Waals surface area contributed by atoms with Gasteiger partial charge in [0.05, 0.1) is 0 Å². The molecule has 0 fully saturated rings. The molecule has 228 valence electrons. The number of anilines is 3. The molecule has 2 heteroatoms. The van der Waals surface area contributed by atoms with Crippen molar-refractivity contribution in [3.63, 3.8) is 0 Å². The van der Waals surface area contributed by atoms with Gasteiger partial charge < -0.3 is 9.32 Å². The minimum atomic E-state index is -0.0934. The Morgan fingerprint density at radius 3 is 2.06 bits per heavy atom. The van der Waals surface area contributed by atoms with Crippen LogP contribution < -0.4 is 4.90 Å². The van der Waals surface area contributed by atoms with Crippen molar-refractivity contribution in [2.45, 2.75) is 44.9 Å². The smallest absolute Gasteiger partial charge is 0.139 e. The van der Waals surface area contributed by atoms with E-state index in [4.69, 9.17) is 4.42 Å². The lowest BCUT2D eigenvalue weighted by atomic mass is 9.77. The van der Waals surface area contributed by atoms with E-state index < -0.39 is 0 Å². The van der Waals surface area contributed by atoms with E-state index in [1.165, 1.54) is 61.2 Å². The number of furan rings is 1. The zero-order valence-corrected chi connectivity index (χ0v) is 27.0. The van der Waals surface area contributed by atoms with Gasteiger partial charge >= 0.3 is 0 Å². The molecule has 0 saturated heterocycles. The van der Waals surface area contributed by atoms with Crippen molar-refractivity contribution in [3.8, 4) is 11.1 Å². The normalized spacial score (nSPS) is 16.1. The molecule has 1 aromatic heterocycles. The SMILES string of the molecule is CC1(C)C2=C(c3ccc(N(c4ccc(C5=CCCC=C5)cc4)c4ccc(-c5ccccc5)cc4)cc31)c1oc3ccccc3c1CC2. The Kier molecular flexibility index (Phi) is 6.47. The summed E-state index contributed by atoms with van der Waals surface area (Å²) >= 11 is 0. The predicted octanol–water partition coefficient (Wildman–Crippen LogP) is 12.3.